The summed E-state index contributed by atoms with van der Waals surface area (Å²) in [5.41, 5.74) is 8.32. The number of nitrogens with one attached hydrogen (secondary N) is 1. The van der Waals surface area contributed by atoms with Crippen LogP contribution >= 0.6 is 18.6 Å². The van der Waals surface area contributed by atoms with E-state index >= 15 is 0 Å². The van der Waals surface area contributed by atoms with Crippen molar-refractivity contribution < 1.29 is 17.0 Å². The molecule has 1 radical (unpaired) electrons. The van der Waals surface area contributed by atoms with Crippen molar-refractivity contribution in [3.05, 3.63) is 22.3 Å². The molecule has 0 aromatic rings. The van der Waals surface area contributed by atoms with Crippen LogP contribution in [-0.2, 0) is 17.0 Å². The van der Waals surface area contributed by atoms with Gasteiger partial charge in [0.05, 0.1) is 8.80 Å². The molecule has 1 aliphatic heterocycles. The Hall–Kier alpha value is 0.951. The zero-order valence-electron chi connectivity index (χ0n) is 15.7. The van der Waals surface area contributed by atoms with Crippen LogP contribution in [0, 0.1) is 0 Å². The van der Waals surface area contributed by atoms with Gasteiger partial charge in [-0.2, -0.15) is 0 Å². The van der Waals surface area contributed by atoms with E-state index in [4.69, 9.17) is 18.6 Å². The third-order valence-corrected chi connectivity index (χ3v) is 9.11. The minimum atomic E-state index is -0.556. The van der Waals surface area contributed by atoms with E-state index < -0.39 is 17.0 Å². The normalized spacial score (nSPS) is 24.0. The van der Waals surface area contributed by atoms with Crippen LogP contribution in [0.25, 0.3) is 0 Å². The molecular weight excluding hydrogens is 377 g/mol. The molecule has 2 aliphatic rings. The summed E-state index contributed by atoms with van der Waals surface area (Å²) >= 11 is -0.556. The van der Waals surface area contributed by atoms with Crippen molar-refractivity contribution in [1.82, 2.24) is 5.32 Å². The fraction of sp³-hybridized carbons (Fsp3) is 0.778. The Balaban J connectivity index is 0.000000816. The van der Waals surface area contributed by atoms with Gasteiger partial charge in [0.15, 0.2) is 0 Å². The van der Waals surface area contributed by atoms with Crippen molar-refractivity contribution in [3.63, 3.8) is 0 Å². The van der Waals surface area contributed by atoms with Gasteiger partial charge < -0.3 is 5.32 Å². The molecule has 1 N–H and O–H groups in total. The molecule has 1 aliphatic carbocycles. The molecule has 1 heterocycles. The molecule has 131 valence electrons. The summed E-state index contributed by atoms with van der Waals surface area (Å²) in [4.78, 5) is 0. The van der Waals surface area contributed by atoms with Crippen molar-refractivity contribution in [2.24, 2.45) is 0 Å². The third-order valence-electron chi connectivity index (χ3n) is 5.25. The average molecular weight is 409 g/mol. The predicted octanol–water partition coefficient (Wildman–Crippen LogP) is 6.39. The fourth-order valence-electron chi connectivity index (χ4n) is 3.98. The Morgan fingerprint density at radius 2 is 1.48 bits per heavy atom. The van der Waals surface area contributed by atoms with Crippen LogP contribution in [-0.4, -0.2) is 20.0 Å². The van der Waals surface area contributed by atoms with E-state index in [9.17, 15) is 0 Å². The number of hydrogen-bond donors (Lipinski definition) is 1. The van der Waals surface area contributed by atoms with E-state index in [1.807, 2.05) is 0 Å². The molecule has 5 heteroatoms. The van der Waals surface area contributed by atoms with E-state index in [-0.39, 0.29) is 14.3 Å². The van der Waals surface area contributed by atoms with Gasteiger partial charge in [-0.05, 0) is 77.2 Å². The standard InChI is InChI=1S/C18H32NSi.2ClH.Ti/c1-12-13(2)15(4)17(14(12)3)20-11-9-8-10-16(20)19-18(5,6)7;;;/h16-17,19H,8-11H2,1-7H3;2*1H;/q;;;+2/p-2. The number of allylic oxidation sites excluding steroid dienone is 4. The molecular formula is C18H32Cl2NSiTi. The SMILES string of the molecule is CC1=C(C)C([Si]2CCCCC2NC(C)(C)C)C(C)=C1C.[Cl][Ti][Cl]. The van der Waals surface area contributed by atoms with Crippen molar-refractivity contribution in [2.75, 3.05) is 0 Å². The Morgan fingerprint density at radius 3 is 1.91 bits per heavy atom. The second kappa shape index (κ2) is 9.59. The average Bonchev–Trinajstić information content (AvgIpc) is 2.63. The molecule has 0 aromatic heterocycles. The topological polar surface area (TPSA) is 12.0 Å². The summed E-state index contributed by atoms with van der Waals surface area (Å²) in [6, 6.07) is 1.48. The zero-order valence-corrected chi connectivity index (χ0v) is 19.8. The molecule has 0 saturated carbocycles. The molecule has 0 amide bonds. The van der Waals surface area contributed by atoms with Gasteiger partial charge in [-0.15, -0.1) is 0 Å². The van der Waals surface area contributed by atoms with Gasteiger partial charge in [-0.25, -0.2) is 0 Å². The van der Waals surface area contributed by atoms with E-state index in [1.54, 1.807) is 22.3 Å². The fourth-order valence-corrected chi connectivity index (χ4v) is 8.41. The molecule has 2 rings (SSSR count). The molecule has 0 bridgehead atoms. The summed E-state index contributed by atoms with van der Waals surface area (Å²) < 4.78 is 0. The van der Waals surface area contributed by atoms with Crippen LogP contribution in [0.5, 0.6) is 0 Å². The summed E-state index contributed by atoms with van der Waals surface area (Å²) in [7, 11) is 9.39. The predicted molar refractivity (Wildman–Crippen MR) is 103 cm³/mol. The molecule has 0 aromatic carbocycles. The van der Waals surface area contributed by atoms with Gasteiger partial charge in [-0.1, -0.05) is 30.0 Å². The van der Waals surface area contributed by atoms with Gasteiger partial charge in [0.25, 0.3) is 0 Å². The van der Waals surface area contributed by atoms with Crippen molar-refractivity contribution >= 4 is 27.4 Å². The van der Waals surface area contributed by atoms with Gasteiger partial charge >= 0.3 is 35.6 Å². The van der Waals surface area contributed by atoms with Crippen LogP contribution in [0.3, 0.4) is 0 Å². The maximum atomic E-state index is 4.89. The van der Waals surface area contributed by atoms with E-state index in [0.717, 1.165) is 11.2 Å². The Morgan fingerprint density at radius 1 is 1.00 bits per heavy atom. The zero-order chi connectivity index (χ0) is 17.8. The minimum absolute atomic E-state index is 0.246. The Labute approximate surface area is 162 Å². The van der Waals surface area contributed by atoms with Gasteiger partial charge in [0, 0.05) is 5.54 Å². The number of halogens is 2. The number of rotatable bonds is 2. The summed E-state index contributed by atoms with van der Waals surface area (Å²) in [6.45, 7) is 16.4. The third kappa shape index (κ3) is 6.01. The molecule has 1 unspecified atom stereocenters. The summed E-state index contributed by atoms with van der Waals surface area (Å²) in [5, 5.41) is 3.96. The van der Waals surface area contributed by atoms with Crippen LogP contribution in [0.4, 0.5) is 0 Å². The quantitative estimate of drug-likeness (QED) is 0.521. The first-order chi connectivity index (χ1) is 10.6. The molecule has 1 nitrogen and oxygen atoms in total. The van der Waals surface area contributed by atoms with Crippen LogP contribution in [0.2, 0.25) is 11.6 Å². The maximum absolute atomic E-state index is 4.89. The number of hydrogen-bond acceptors (Lipinski definition) is 1. The molecule has 1 atom stereocenters. The van der Waals surface area contributed by atoms with Crippen molar-refractivity contribution in [3.8, 4) is 0 Å². The van der Waals surface area contributed by atoms with E-state index in [2.05, 4.69) is 53.8 Å². The second-order valence-electron chi connectivity index (χ2n) is 7.89. The first-order valence-electron chi connectivity index (χ1n) is 8.58. The van der Waals surface area contributed by atoms with Crippen LogP contribution in [0.15, 0.2) is 22.3 Å². The molecule has 0 spiro atoms. The van der Waals surface area contributed by atoms with Gasteiger partial charge in [-0.3, -0.25) is 0 Å². The second-order valence-corrected chi connectivity index (χ2v) is 13.4. The van der Waals surface area contributed by atoms with Gasteiger partial charge in [0.1, 0.15) is 0 Å². The van der Waals surface area contributed by atoms with Crippen LogP contribution in [0.1, 0.15) is 67.7 Å². The van der Waals surface area contributed by atoms with E-state index in [0.29, 0.717) is 0 Å². The molecule has 1 fully saturated rings. The first-order valence-corrected chi connectivity index (χ1v) is 14.7. The summed E-state index contributed by atoms with van der Waals surface area (Å²) in [6.07, 6.45) is 4.25. The van der Waals surface area contributed by atoms with Gasteiger partial charge in [0.2, 0.25) is 0 Å². The first kappa shape index (κ1) is 22.0. The Kier molecular flexibility index (Phi) is 9.17. The monoisotopic (exact) mass is 408 g/mol. The van der Waals surface area contributed by atoms with Crippen molar-refractivity contribution in [1.29, 1.82) is 0 Å². The van der Waals surface area contributed by atoms with Crippen molar-refractivity contribution in [2.45, 2.75) is 90.5 Å². The molecule has 1 saturated heterocycles. The van der Waals surface area contributed by atoms with Crippen LogP contribution < -0.4 is 5.32 Å². The summed E-state index contributed by atoms with van der Waals surface area (Å²) in [5.74, 6) is 0. The van der Waals surface area contributed by atoms with E-state index in [1.165, 1.54) is 25.3 Å². The molecule has 23 heavy (non-hydrogen) atoms. The Bertz CT molecular complexity index is 444.